The van der Waals surface area contributed by atoms with E-state index in [0.29, 0.717) is 18.3 Å². The Kier molecular flexibility index (Phi) is 5.53. The highest BCUT2D eigenvalue weighted by molar-refractivity contribution is 5.92. The Morgan fingerprint density at radius 2 is 2.09 bits per heavy atom. The standard InChI is InChI=1S/C18H23N3O/c1-4-14(3)21-16-8-9-17(19-12-16)18(22)20-11-15-7-5-6-13(2)10-15/h5-10,12,14,21H,4,11H2,1-3H3,(H,20,22). The van der Waals surface area contributed by atoms with Crippen LogP contribution in [0.25, 0.3) is 0 Å². The van der Waals surface area contributed by atoms with Crippen molar-refractivity contribution < 1.29 is 4.79 Å². The van der Waals surface area contributed by atoms with Gasteiger partial charge in [0.2, 0.25) is 0 Å². The number of carbonyl (C=O) groups is 1. The summed E-state index contributed by atoms with van der Waals surface area (Å²) in [6.45, 7) is 6.78. The highest BCUT2D eigenvalue weighted by atomic mass is 16.1. The maximum absolute atomic E-state index is 12.1. The third-order valence-corrected chi connectivity index (χ3v) is 3.56. The van der Waals surface area contributed by atoms with Crippen LogP contribution in [0.2, 0.25) is 0 Å². The molecule has 2 rings (SSSR count). The van der Waals surface area contributed by atoms with Gasteiger partial charge in [0.15, 0.2) is 0 Å². The number of rotatable bonds is 6. The first-order valence-corrected chi connectivity index (χ1v) is 7.65. The van der Waals surface area contributed by atoms with Gasteiger partial charge >= 0.3 is 0 Å². The zero-order valence-corrected chi connectivity index (χ0v) is 13.4. The molecule has 1 heterocycles. The molecular formula is C18H23N3O. The molecule has 1 amide bonds. The Labute approximate surface area is 132 Å². The summed E-state index contributed by atoms with van der Waals surface area (Å²) in [6.07, 6.45) is 2.74. The lowest BCUT2D eigenvalue weighted by Crippen LogP contribution is -2.24. The van der Waals surface area contributed by atoms with E-state index in [4.69, 9.17) is 0 Å². The first-order valence-electron chi connectivity index (χ1n) is 7.65. The summed E-state index contributed by atoms with van der Waals surface area (Å²) in [5, 5.41) is 6.22. The molecule has 2 aromatic rings. The van der Waals surface area contributed by atoms with Gasteiger partial charge in [0, 0.05) is 12.6 Å². The highest BCUT2D eigenvalue weighted by Gasteiger charge is 2.07. The Bertz CT molecular complexity index is 622. The van der Waals surface area contributed by atoms with Gasteiger partial charge in [-0.1, -0.05) is 36.8 Å². The second-order valence-corrected chi connectivity index (χ2v) is 5.56. The van der Waals surface area contributed by atoms with Crippen LogP contribution in [-0.2, 0) is 6.54 Å². The molecular weight excluding hydrogens is 274 g/mol. The van der Waals surface area contributed by atoms with Crippen LogP contribution >= 0.6 is 0 Å². The molecule has 1 unspecified atom stereocenters. The van der Waals surface area contributed by atoms with E-state index in [1.165, 1.54) is 5.56 Å². The van der Waals surface area contributed by atoms with Crippen molar-refractivity contribution in [3.8, 4) is 0 Å². The molecule has 0 aliphatic rings. The summed E-state index contributed by atoms with van der Waals surface area (Å²) in [4.78, 5) is 16.3. The number of amides is 1. The first-order chi connectivity index (χ1) is 10.6. The lowest BCUT2D eigenvalue weighted by atomic mass is 10.1. The van der Waals surface area contributed by atoms with E-state index >= 15 is 0 Å². The number of hydrogen-bond acceptors (Lipinski definition) is 3. The smallest absolute Gasteiger partial charge is 0.270 e. The molecule has 4 nitrogen and oxygen atoms in total. The van der Waals surface area contributed by atoms with E-state index in [0.717, 1.165) is 17.7 Å². The number of nitrogens with zero attached hydrogens (tertiary/aromatic N) is 1. The maximum atomic E-state index is 12.1. The number of aryl methyl sites for hydroxylation is 1. The van der Waals surface area contributed by atoms with E-state index in [9.17, 15) is 4.79 Å². The third-order valence-electron chi connectivity index (χ3n) is 3.56. The van der Waals surface area contributed by atoms with Crippen LogP contribution in [0, 0.1) is 6.92 Å². The molecule has 0 aliphatic carbocycles. The number of aromatic nitrogens is 1. The molecule has 0 saturated heterocycles. The second-order valence-electron chi connectivity index (χ2n) is 5.56. The second kappa shape index (κ2) is 7.59. The molecule has 1 atom stereocenters. The summed E-state index contributed by atoms with van der Waals surface area (Å²) < 4.78 is 0. The van der Waals surface area contributed by atoms with Gasteiger partial charge in [0.1, 0.15) is 5.69 Å². The van der Waals surface area contributed by atoms with Crippen LogP contribution in [0.3, 0.4) is 0 Å². The van der Waals surface area contributed by atoms with Crippen LogP contribution in [0.5, 0.6) is 0 Å². The summed E-state index contributed by atoms with van der Waals surface area (Å²) >= 11 is 0. The minimum absolute atomic E-state index is 0.156. The fraction of sp³-hybridized carbons (Fsp3) is 0.333. The van der Waals surface area contributed by atoms with Gasteiger partial charge in [-0.2, -0.15) is 0 Å². The molecule has 22 heavy (non-hydrogen) atoms. The average Bonchev–Trinajstić information content (AvgIpc) is 2.53. The lowest BCUT2D eigenvalue weighted by molar-refractivity contribution is 0.0946. The fourth-order valence-corrected chi connectivity index (χ4v) is 2.10. The van der Waals surface area contributed by atoms with Crippen molar-refractivity contribution in [3.63, 3.8) is 0 Å². The number of anilines is 1. The molecule has 116 valence electrons. The lowest BCUT2D eigenvalue weighted by Gasteiger charge is -2.12. The first kappa shape index (κ1) is 16.0. The van der Waals surface area contributed by atoms with Crippen molar-refractivity contribution in [2.24, 2.45) is 0 Å². The predicted octanol–water partition coefficient (Wildman–Crippen LogP) is 3.53. The van der Waals surface area contributed by atoms with Crippen molar-refractivity contribution in [1.82, 2.24) is 10.3 Å². The zero-order valence-electron chi connectivity index (χ0n) is 13.4. The minimum atomic E-state index is -0.156. The molecule has 0 saturated carbocycles. The summed E-state index contributed by atoms with van der Waals surface area (Å²) in [5.74, 6) is -0.156. The van der Waals surface area contributed by atoms with Crippen molar-refractivity contribution in [1.29, 1.82) is 0 Å². The molecule has 0 fully saturated rings. The minimum Gasteiger partial charge on any atom is -0.381 e. The predicted molar refractivity (Wildman–Crippen MR) is 90.0 cm³/mol. The van der Waals surface area contributed by atoms with E-state index < -0.39 is 0 Å². The number of benzene rings is 1. The van der Waals surface area contributed by atoms with Crippen molar-refractivity contribution in [3.05, 3.63) is 59.4 Å². The number of pyridine rings is 1. The normalized spacial score (nSPS) is 11.8. The van der Waals surface area contributed by atoms with Gasteiger partial charge in [0.25, 0.3) is 5.91 Å². The Balaban J connectivity index is 1.92. The third kappa shape index (κ3) is 4.58. The quantitative estimate of drug-likeness (QED) is 0.857. The summed E-state index contributed by atoms with van der Waals surface area (Å²) in [7, 11) is 0. The van der Waals surface area contributed by atoms with E-state index in [2.05, 4.69) is 35.5 Å². The summed E-state index contributed by atoms with van der Waals surface area (Å²) in [6, 6.07) is 12.1. The maximum Gasteiger partial charge on any atom is 0.270 e. The Morgan fingerprint density at radius 1 is 1.27 bits per heavy atom. The highest BCUT2D eigenvalue weighted by Crippen LogP contribution is 2.09. The molecule has 0 spiro atoms. The molecule has 0 radical (unpaired) electrons. The van der Waals surface area contributed by atoms with Gasteiger partial charge in [0.05, 0.1) is 11.9 Å². The van der Waals surface area contributed by atoms with Crippen LogP contribution in [0.15, 0.2) is 42.6 Å². The van der Waals surface area contributed by atoms with Crippen molar-refractivity contribution in [2.45, 2.75) is 39.8 Å². The van der Waals surface area contributed by atoms with Crippen LogP contribution in [0.1, 0.15) is 41.9 Å². The van der Waals surface area contributed by atoms with Crippen LogP contribution < -0.4 is 10.6 Å². The Morgan fingerprint density at radius 3 is 2.73 bits per heavy atom. The monoisotopic (exact) mass is 297 g/mol. The van der Waals surface area contributed by atoms with Gasteiger partial charge in [-0.25, -0.2) is 4.98 Å². The van der Waals surface area contributed by atoms with E-state index in [1.54, 1.807) is 12.3 Å². The summed E-state index contributed by atoms with van der Waals surface area (Å²) in [5.41, 5.74) is 3.64. The SMILES string of the molecule is CCC(C)Nc1ccc(C(=O)NCc2cccc(C)c2)nc1. The molecule has 0 aliphatic heterocycles. The van der Waals surface area contributed by atoms with Crippen molar-refractivity contribution in [2.75, 3.05) is 5.32 Å². The average molecular weight is 297 g/mol. The molecule has 1 aromatic heterocycles. The fourth-order valence-electron chi connectivity index (χ4n) is 2.10. The number of carbonyl (C=O) groups excluding carboxylic acids is 1. The van der Waals surface area contributed by atoms with Crippen LogP contribution in [-0.4, -0.2) is 16.9 Å². The van der Waals surface area contributed by atoms with Crippen LogP contribution in [0.4, 0.5) is 5.69 Å². The molecule has 1 aromatic carbocycles. The number of nitrogens with one attached hydrogen (secondary N) is 2. The number of hydrogen-bond donors (Lipinski definition) is 2. The van der Waals surface area contributed by atoms with Gasteiger partial charge in [-0.3, -0.25) is 4.79 Å². The van der Waals surface area contributed by atoms with Gasteiger partial charge in [-0.05, 0) is 38.0 Å². The van der Waals surface area contributed by atoms with Crippen molar-refractivity contribution >= 4 is 11.6 Å². The van der Waals surface area contributed by atoms with E-state index in [-0.39, 0.29) is 5.91 Å². The molecule has 0 bridgehead atoms. The Hall–Kier alpha value is -2.36. The largest absolute Gasteiger partial charge is 0.381 e. The van der Waals surface area contributed by atoms with Gasteiger partial charge < -0.3 is 10.6 Å². The molecule has 4 heteroatoms. The molecule has 2 N–H and O–H groups in total. The van der Waals surface area contributed by atoms with Gasteiger partial charge in [-0.15, -0.1) is 0 Å². The topological polar surface area (TPSA) is 54.0 Å². The van der Waals surface area contributed by atoms with E-state index in [1.807, 2.05) is 31.2 Å². The zero-order chi connectivity index (χ0) is 15.9.